The highest BCUT2D eigenvalue weighted by Gasteiger charge is 2.38. The second-order valence-electron chi connectivity index (χ2n) is 9.25. The summed E-state index contributed by atoms with van der Waals surface area (Å²) in [6.45, 7) is 3.00. The fourth-order valence-electron chi connectivity index (χ4n) is 4.40. The first-order valence-electron chi connectivity index (χ1n) is 12.4. The average Bonchev–Trinajstić information content (AvgIpc) is 3.48. The molecule has 1 aliphatic rings. The van der Waals surface area contributed by atoms with E-state index in [2.05, 4.69) is 14.9 Å². The van der Waals surface area contributed by atoms with Crippen LogP contribution < -0.4 is 5.56 Å². The number of benzene rings is 1. The van der Waals surface area contributed by atoms with Crippen LogP contribution >= 0.6 is 23.2 Å². The van der Waals surface area contributed by atoms with Crippen LogP contribution in [0.3, 0.4) is 0 Å². The van der Waals surface area contributed by atoms with Crippen molar-refractivity contribution in [3.05, 3.63) is 92.0 Å². The minimum absolute atomic E-state index is 0.0148. The molecule has 0 bridgehead atoms. The number of carboxylic acids is 1. The van der Waals surface area contributed by atoms with Gasteiger partial charge in [-0.2, -0.15) is 13.2 Å². The maximum atomic E-state index is 14.7. The summed E-state index contributed by atoms with van der Waals surface area (Å²) in [6.07, 6.45) is 0.670. The number of alkyl halides is 3. The number of nitrogens with zero attached hydrogens (tertiary/aromatic N) is 4. The Morgan fingerprint density at radius 2 is 1.86 bits per heavy atom. The molecule has 4 aromatic rings. The van der Waals surface area contributed by atoms with Gasteiger partial charge in [0.05, 0.1) is 23.3 Å². The Morgan fingerprint density at radius 3 is 2.52 bits per heavy atom. The Balaban J connectivity index is 0.000000517. The van der Waals surface area contributed by atoms with E-state index in [9.17, 15) is 27.2 Å². The van der Waals surface area contributed by atoms with Gasteiger partial charge in [-0.25, -0.2) is 14.2 Å². The number of hydrogen-bond donors (Lipinski definition) is 2. The molecule has 0 spiro atoms. The second-order valence-corrected chi connectivity index (χ2v) is 10.0. The molecule has 1 aromatic carbocycles. The maximum Gasteiger partial charge on any atom is 0.490 e. The minimum atomic E-state index is -5.08. The number of amides is 1. The molecular weight excluding hydrogens is 609 g/mol. The SMILES string of the molecule is O=C(O)C(F)(F)F.O=C(c1cc(Cc2c[nH]c(=O)c3cc(Cl)c(Cl)n23)ccc1F)N1CCCN(Cc2ncco2)CC1. The van der Waals surface area contributed by atoms with Crippen molar-refractivity contribution in [2.24, 2.45) is 0 Å². The number of fused-ring (bicyclic) bond motifs is 1. The third-order valence-electron chi connectivity index (χ3n) is 6.39. The van der Waals surface area contributed by atoms with E-state index in [0.717, 1.165) is 13.0 Å². The standard InChI is InChI=1S/C24H22Cl2FN5O3.C2HF3O2/c25-18-12-20-23(33)29-13-16(32(20)22(18)26)10-15-2-3-19(27)17(11-15)24(34)31-6-1-5-30(7-8-31)14-21-28-4-9-35-21;3-2(4,5)1(6)7/h2-4,9,11-13H,1,5-8,10,14H2,(H,29,33);(H,6,7). The Bertz CT molecular complexity index is 1640. The highest BCUT2D eigenvalue weighted by molar-refractivity contribution is 6.42. The third-order valence-corrected chi connectivity index (χ3v) is 7.15. The van der Waals surface area contributed by atoms with Crippen molar-refractivity contribution >= 4 is 40.6 Å². The van der Waals surface area contributed by atoms with E-state index in [1.807, 2.05) is 0 Å². The summed E-state index contributed by atoms with van der Waals surface area (Å²) in [5.74, 6) is -3.05. The van der Waals surface area contributed by atoms with Crippen LogP contribution in [0.4, 0.5) is 17.6 Å². The van der Waals surface area contributed by atoms with Crippen LogP contribution in [0.2, 0.25) is 10.2 Å². The highest BCUT2D eigenvalue weighted by atomic mass is 35.5. The maximum absolute atomic E-state index is 14.7. The number of aliphatic carboxylic acids is 1. The van der Waals surface area contributed by atoms with Gasteiger partial charge in [0.15, 0.2) is 0 Å². The lowest BCUT2D eigenvalue weighted by Gasteiger charge is -2.22. The van der Waals surface area contributed by atoms with Crippen molar-refractivity contribution in [1.29, 1.82) is 0 Å². The van der Waals surface area contributed by atoms with E-state index in [4.69, 9.17) is 37.5 Å². The summed E-state index contributed by atoms with van der Waals surface area (Å²) in [6, 6.07) is 5.96. The first-order valence-corrected chi connectivity index (χ1v) is 13.2. The topological polar surface area (TPSA) is 124 Å². The lowest BCUT2D eigenvalue weighted by molar-refractivity contribution is -0.192. The third kappa shape index (κ3) is 7.30. The largest absolute Gasteiger partial charge is 0.490 e. The molecule has 0 aliphatic carbocycles. The molecule has 0 atom stereocenters. The van der Waals surface area contributed by atoms with Crippen molar-refractivity contribution in [3.8, 4) is 0 Å². The first kappa shape index (κ1) is 31.1. The molecule has 0 unspecified atom stereocenters. The quantitative estimate of drug-likeness (QED) is 0.308. The van der Waals surface area contributed by atoms with E-state index in [1.54, 1.807) is 33.8 Å². The van der Waals surface area contributed by atoms with Crippen LogP contribution in [-0.2, 0) is 17.8 Å². The number of aromatic nitrogens is 3. The number of H-pyrrole nitrogens is 1. The van der Waals surface area contributed by atoms with E-state index >= 15 is 0 Å². The number of rotatable bonds is 5. The molecule has 224 valence electrons. The Kier molecular flexibility index (Phi) is 9.59. The number of aromatic amines is 1. The fourth-order valence-corrected chi connectivity index (χ4v) is 4.84. The van der Waals surface area contributed by atoms with Gasteiger partial charge in [-0.3, -0.25) is 18.9 Å². The Hall–Kier alpha value is -3.88. The van der Waals surface area contributed by atoms with Gasteiger partial charge >= 0.3 is 12.1 Å². The molecule has 2 N–H and O–H groups in total. The van der Waals surface area contributed by atoms with Crippen molar-refractivity contribution in [1.82, 2.24) is 24.2 Å². The molecule has 1 fully saturated rings. The zero-order valence-electron chi connectivity index (χ0n) is 21.6. The van der Waals surface area contributed by atoms with Gasteiger partial charge in [0.25, 0.3) is 11.5 Å². The van der Waals surface area contributed by atoms with Crippen LogP contribution in [0, 0.1) is 5.82 Å². The van der Waals surface area contributed by atoms with Crippen molar-refractivity contribution in [2.45, 2.75) is 25.6 Å². The summed E-state index contributed by atoms with van der Waals surface area (Å²) >= 11 is 12.4. The zero-order valence-corrected chi connectivity index (χ0v) is 23.1. The van der Waals surface area contributed by atoms with Crippen LogP contribution in [0.15, 0.2) is 52.1 Å². The molecule has 16 heteroatoms. The summed E-state index contributed by atoms with van der Waals surface area (Å²) in [7, 11) is 0. The van der Waals surface area contributed by atoms with Crippen LogP contribution in [0.5, 0.6) is 0 Å². The zero-order chi connectivity index (χ0) is 30.6. The molecule has 1 amide bonds. The number of hydrogen-bond acceptors (Lipinski definition) is 6. The smallest absolute Gasteiger partial charge is 0.475 e. The molecule has 10 nitrogen and oxygen atoms in total. The molecule has 42 heavy (non-hydrogen) atoms. The first-order chi connectivity index (χ1) is 19.8. The number of carbonyl (C=O) groups excluding carboxylic acids is 1. The van der Waals surface area contributed by atoms with Gasteiger partial charge in [0, 0.05) is 44.5 Å². The normalized spacial score (nSPS) is 14.4. The number of nitrogens with one attached hydrogen (secondary N) is 1. The van der Waals surface area contributed by atoms with Crippen LogP contribution in [-0.4, -0.2) is 73.5 Å². The van der Waals surface area contributed by atoms with Crippen LogP contribution in [0.1, 0.15) is 33.9 Å². The monoisotopic (exact) mass is 631 g/mol. The summed E-state index contributed by atoms with van der Waals surface area (Å²) in [5.41, 5.74) is 1.36. The molecule has 1 aliphatic heterocycles. The molecule has 4 heterocycles. The second kappa shape index (κ2) is 13.0. The molecule has 1 saturated heterocycles. The van der Waals surface area contributed by atoms with Crippen molar-refractivity contribution in [3.63, 3.8) is 0 Å². The molecular formula is C26H23Cl2F4N5O5. The number of oxazole rings is 1. The van der Waals surface area contributed by atoms with E-state index in [0.29, 0.717) is 55.3 Å². The van der Waals surface area contributed by atoms with Crippen LogP contribution in [0.25, 0.3) is 5.52 Å². The molecule has 0 saturated carbocycles. The summed E-state index contributed by atoms with van der Waals surface area (Å²) in [5, 5.41) is 7.61. The van der Waals surface area contributed by atoms with Crippen molar-refractivity contribution < 1.29 is 36.7 Å². The lowest BCUT2D eigenvalue weighted by atomic mass is 10.0. The van der Waals surface area contributed by atoms with E-state index < -0.39 is 18.0 Å². The van der Waals surface area contributed by atoms with Gasteiger partial charge in [-0.1, -0.05) is 29.3 Å². The number of carbonyl (C=O) groups is 2. The summed E-state index contributed by atoms with van der Waals surface area (Å²) < 4.78 is 53.4. The van der Waals surface area contributed by atoms with Gasteiger partial charge in [0.1, 0.15) is 22.8 Å². The van der Waals surface area contributed by atoms with E-state index in [-0.39, 0.29) is 27.2 Å². The Labute approximate surface area is 245 Å². The highest BCUT2D eigenvalue weighted by Crippen LogP contribution is 2.27. The van der Waals surface area contributed by atoms with E-state index in [1.165, 1.54) is 18.4 Å². The van der Waals surface area contributed by atoms with Gasteiger partial charge in [0.2, 0.25) is 5.89 Å². The average molecular weight is 632 g/mol. The summed E-state index contributed by atoms with van der Waals surface area (Å²) in [4.78, 5) is 45.0. The van der Waals surface area contributed by atoms with Gasteiger partial charge < -0.3 is 19.4 Å². The fraction of sp³-hybridized carbons (Fsp3) is 0.308. The number of carboxylic acid groups (broad SMARTS) is 1. The minimum Gasteiger partial charge on any atom is -0.475 e. The lowest BCUT2D eigenvalue weighted by Crippen LogP contribution is -2.35. The number of halogens is 6. The molecule has 0 radical (unpaired) electrons. The van der Waals surface area contributed by atoms with Gasteiger partial charge in [-0.15, -0.1) is 0 Å². The van der Waals surface area contributed by atoms with Crippen molar-refractivity contribution in [2.75, 3.05) is 26.2 Å². The molecule has 3 aromatic heterocycles. The predicted octanol–water partition coefficient (Wildman–Crippen LogP) is 4.63. The Morgan fingerprint density at radius 1 is 1.12 bits per heavy atom. The predicted molar refractivity (Wildman–Crippen MR) is 143 cm³/mol. The molecule has 5 rings (SSSR count). The van der Waals surface area contributed by atoms with Gasteiger partial charge in [-0.05, 0) is 30.2 Å².